The van der Waals surface area contributed by atoms with Crippen molar-refractivity contribution >= 4 is 9.84 Å². The maximum Gasteiger partial charge on any atom is 0.175 e. The Morgan fingerprint density at radius 3 is 2.74 bits per heavy atom. The molecule has 19 heavy (non-hydrogen) atoms. The number of hydrogen-bond donors (Lipinski definition) is 1. The fourth-order valence-electron chi connectivity index (χ4n) is 1.93. The van der Waals surface area contributed by atoms with Gasteiger partial charge < -0.3 is 5.11 Å². The predicted octanol–water partition coefficient (Wildman–Crippen LogP) is 1.39. The molecule has 0 amide bonds. The van der Waals surface area contributed by atoms with E-state index in [-0.39, 0.29) is 4.90 Å². The molecule has 0 spiro atoms. The first-order valence-corrected chi connectivity index (χ1v) is 7.82. The molecular weight excluding hydrogens is 264 g/mol. The molecule has 2 rings (SSSR count). The maximum absolute atomic E-state index is 11.5. The lowest BCUT2D eigenvalue weighted by molar-refractivity contribution is 0.208. The van der Waals surface area contributed by atoms with Gasteiger partial charge in [-0.25, -0.2) is 8.42 Å². The highest BCUT2D eigenvalue weighted by Gasteiger charge is 2.17. The number of hydrogen-bond acceptors (Lipinski definition) is 4. The summed E-state index contributed by atoms with van der Waals surface area (Å²) >= 11 is 0. The molecule has 1 heterocycles. The number of rotatable bonds is 4. The molecule has 1 atom stereocenters. The van der Waals surface area contributed by atoms with Crippen LogP contribution in [0, 0.1) is 0 Å². The van der Waals surface area contributed by atoms with Gasteiger partial charge in [-0.2, -0.15) is 5.10 Å². The van der Waals surface area contributed by atoms with Gasteiger partial charge in [0.15, 0.2) is 9.84 Å². The SMILES string of the molecule is CCn1nccc1C(O)c1cccc(S(C)(=O)=O)c1. The first-order valence-electron chi connectivity index (χ1n) is 5.93. The summed E-state index contributed by atoms with van der Waals surface area (Å²) in [5, 5.41) is 14.4. The standard InChI is InChI=1S/C13H16N2O3S/c1-3-15-12(7-8-14-15)13(16)10-5-4-6-11(9-10)19(2,17)18/h4-9,13,16H,3H2,1-2H3. The number of aliphatic hydroxyl groups is 1. The average Bonchev–Trinajstić information content (AvgIpc) is 2.85. The molecule has 0 aliphatic rings. The monoisotopic (exact) mass is 280 g/mol. The van der Waals surface area contributed by atoms with Crippen molar-refractivity contribution in [2.24, 2.45) is 0 Å². The normalized spacial score (nSPS) is 13.4. The Morgan fingerprint density at radius 1 is 1.37 bits per heavy atom. The Hall–Kier alpha value is -1.66. The second-order valence-corrected chi connectivity index (χ2v) is 6.33. The van der Waals surface area contributed by atoms with Crippen LogP contribution in [0.2, 0.25) is 0 Å². The molecular formula is C13H16N2O3S. The minimum Gasteiger partial charge on any atom is -0.382 e. The second kappa shape index (κ2) is 5.14. The van der Waals surface area contributed by atoms with Crippen molar-refractivity contribution in [3.05, 3.63) is 47.8 Å². The van der Waals surface area contributed by atoms with Gasteiger partial charge >= 0.3 is 0 Å². The highest BCUT2D eigenvalue weighted by Crippen LogP contribution is 2.23. The van der Waals surface area contributed by atoms with Crippen LogP contribution < -0.4 is 0 Å². The van der Waals surface area contributed by atoms with Crippen LogP contribution in [0.5, 0.6) is 0 Å². The van der Waals surface area contributed by atoms with Gasteiger partial charge in [-0.1, -0.05) is 12.1 Å². The summed E-state index contributed by atoms with van der Waals surface area (Å²) in [6.45, 7) is 2.57. The molecule has 1 aromatic heterocycles. The quantitative estimate of drug-likeness (QED) is 0.918. The largest absolute Gasteiger partial charge is 0.382 e. The third-order valence-electron chi connectivity index (χ3n) is 2.93. The van der Waals surface area contributed by atoms with E-state index in [1.165, 1.54) is 12.1 Å². The summed E-state index contributed by atoms with van der Waals surface area (Å²) in [6, 6.07) is 8.06. The van der Waals surface area contributed by atoms with Crippen LogP contribution in [0.1, 0.15) is 24.3 Å². The van der Waals surface area contributed by atoms with Gasteiger partial charge in [0.2, 0.25) is 0 Å². The number of sulfone groups is 1. The first kappa shape index (κ1) is 13.8. The molecule has 0 saturated carbocycles. The molecule has 1 N–H and O–H groups in total. The minimum atomic E-state index is -3.28. The van der Waals surface area contributed by atoms with E-state index in [1.54, 1.807) is 29.1 Å². The lowest BCUT2D eigenvalue weighted by Crippen LogP contribution is -2.09. The van der Waals surface area contributed by atoms with Crippen molar-refractivity contribution in [2.45, 2.75) is 24.5 Å². The number of nitrogens with zero attached hydrogens (tertiary/aromatic N) is 2. The van der Waals surface area contributed by atoms with E-state index in [9.17, 15) is 13.5 Å². The molecule has 0 saturated heterocycles. The number of aromatic nitrogens is 2. The Bertz CT molecular complexity index is 677. The summed E-state index contributed by atoms with van der Waals surface area (Å²) in [5.41, 5.74) is 1.19. The van der Waals surface area contributed by atoms with E-state index in [1.807, 2.05) is 6.92 Å². The summed E-state index contributed by atoms with van der Waals surface area (Å²) in [5.74, 6) is 0. The molecule has 2 aromatic rings. The summed E-state index contributed by atoms with van der Waals surface area (Å²) in [7, 11) is -3.28. The smallest absolute Gasteiger partial charge is 0.175 e. The van der Waals surface area contributed by atoms with E-state index >= 15 is 0 Å². The number of aryl methyl sites for hydroxylation is 1. The van der Waals surface area contributed by atoms with E-state index < -0.39 is 15.9 Å². The van der Waals surface area contributed by atoms with Gasteiger partial charge in [0.1, 0.15) is 6.10 Å². The molecule has 0 bridgehead atoms. The number of benzene rings is 1. The minimum absolute atomic E-state index is 0.201. The van der Waals surface area contributed by atoms with Crippen molar-refractivity contribution in [1.82, 2.24) is 9.78 Å². The molecule has 5 nitrogen and oxygen atoms in total. The van der Waals surface area contributed by atoms with Crippen LogP contribution in [0.3, 0.4) is 0 Å². The molecule has 0 fully saturated rings. The third kappa shape index (κ3) is 2.85. The van der Waals surface area contributed by atoms with Crippen LogP contribution in [0.4, 0.5) is 0 Å². The van der Waals surface area contributed by atoms with Crippen molar-refractivity contribution in [3.8, 4) is 0 Å². The van der Waals surface area contributed by atoms with Gasteiger partial charge in [-0.15, -0.1) is 0 Å². The van der Waals surface area contributed by atoms with Crippen molar-refractivity contribution in [1.29, 1.82) is 0 Å². The predicted molar refractivity (Wildman–Crippen MR) is 71.5 cm³/mol. The average molecular weight is 280 g/mol. The molecule has 0 radical (unpaired) electrons. The molecule has 102 valence electrons. The van der Waals surface area contributed by atoms with E-state index in [0.717, 1.165) is 6.26 Å². The van der Waals surface area contributed by atoms with Crippen molar-refractivity contribution < 1.29 is 13.5 Å². The Labute approximate surface area is 112 Å². The van der Waals surface area contributed by atoms with Crippen LogP contribution >= 0.6 is 0 Å². The molecule has 1 unspecified atom stereocenters. The number of aliphatic hydroxyl groups excluding tert-OH is 1. The maximum atomic E-state index is 11.5. The molecule has 0 aliphatic carbocycles. The summed E-state index contributed by atoms with van der Waals surface area (Å²) in [6.07, 6.45) is 1.88. The van der Waals surface area contributed by atoms with Crippen molar-refractivity contribution in [2.75, 3.05) is 6.26 Å². The van der Waals surface area contributed by atoms with Gasteiger partial charge in [0.05, 0.1) is 10.6 Å². The van der Waals surface area contributed by atoms with Gasteiger partial charge in [-0.05, 0) is 30.7 Å². The second-order valence-electron chi connectivity index (χ2n) is 4.32. The molecule has 0 aliphatic heterocycles. The summed E-state index contributed by atoms with van der Waals surface area (Å²) < 4.78 is 24.7. The Balaban J connectivity index is 2.42. The zero-order valence-electron chi connectivity index (χ0n) is 10.8. The zero-order valence-corrected chi connectivity index (χ0v) is 11.6. The van der Waals surface area contributed by atoms with E-state index in [2.05, 4.69) is 5.10 Å². The van der Waals surface area contributed by atoms with E-state index in [4.69, 9.17) is 0 Å². The highest BCUT2D eigenvalue weighted by molar-refractivity contribution is 7.90. The van der Waals surface area contributed by atoms with Crippen LogP contribution in [0.15, 0.2) is 41.4 Å². The van der Waals surface area contributed by atoms with Crippen LogP contribution in [0.25, 0.3) is 0 Å². The van der Waals surface area contributed by atoms with E-state index in [0.29, 0.717) is 17.8 Å². The topological polar surface area (TPSA) is 72.2 Å². The van der Waals surface area contributed by atoms with Crippen molar-refractivity contribution in [3.63, 3.8) is 0 Å². The zero-order chi connectivity index (χ0) is 14.0. The van der Waals surface area contributed by atoms with Crippen LogP contribution in [-0.4, -0.2) is 29.6 Å². The fraction of sp³-hybridized carbons (Fsp3) is 0.308. The third-order valence-corrected chi connectivity index (χ3v) is 4.04. The highest BCUT2D eigenvalue weighted by atomic mass is 32.2. The molecule has 6 heteroatoms. The van der Waals surface area contributed by atoms with Gasteiger partial charge in [0.25, 0.3) is 0 Å². The lowest BCUT2D eigenvalue weighted by Gasteiger charge is -2.13. The first-order chi connectivity index (χ1) is 8.93. The van der Waals surface area contributed by atoms with Crippen LogP contribution in [-0.2, 0) is 16.4 Å². The Morgan fingerprint density at radius 2 is 2.11 bits per heavy atom. The van der Waals surface area contributed by atoms with Gasteiger partial charge in [-0.3, -0.25) is 4.68 Å². The summed E-state index contributed by atoms with van der Waals surface area (Å²) in [4.78, 5) is 0.201. The molecule has 1 aromatic carbocycles. The van der Waals surface area contributed by atoms with Gasteiger partial charge in [0, 0.05) is 19.0 Å². The fourth-order valence-corrected chi connectivity index (χ4v) is 2.60. The lowest BCUT2D eigenvalue weighted by atomic mass is 10.1. The Kier molecular flexibility index (Phi) is 3.73.